The lowest BCUT2D eigenvalue weighted by Gasteiger charge is -2.30. The van der Waals surface area contributed by atoms with Crippen molar-refractivity contribution < 1.29 is 24.5 Å². The van der Waals surface area contributed by atoms with E-state index in [2.05, 4.69) is 15.2 Å². The maximum Gasteiger partial charge on any atom is 0.229 e. The number of alkyl halides is 1. The van der Waals surface area contributed by atoms with Gasteiger partial charge < -0.3 is 29.9 Å². The van der Waals surface area contributed by atoms with Gasteiger partial charge in [-0.3, -0.25) is 4.84 Å². The molecule has 0 bridgehead atoms. The molecule has 2 aromatic rings. The fourth-order valence-corrected chi connectivity index (χ4v) is 5.30. The third kappa shape index (κ3) is 6.90. The number of allylic oxidation sites excluding steroid dienone is 4. The van der Waals surface area contributed by atoms with Crippen LogP contribution in [0.1, 0.15) is 5.56 Å². The monoisotopic (exact) mass is 575 g/mol. The first-order valence-electron chi connectivity index (χ1n) is 12.7. The zero-order chi connectivity index (χ0) is 27.2. The van der Waals surface area contributed by atoms with Crippen LogP contribution in [-0.4, -0.2) is 84.5 Å². The molecule has 5 rings (SSSR count). The number of nitrogens with zero attached hydrogens (tertiary/aromatic N) is 4. The van der Waals surface area contributed by atoms with E-state index in [9.17, 15) is 10.2 Å². The number of rotatable bonds is 8. The Kier molecular flexibility index (Phi) is 9.36. The molecule has 1 fully saturated rings. The zero-order valence-corrected chi connectivity index (χ0v) is 22.8. The van der Waals surface area contributed by atoms with Crippen molar-refractivity contribution in [3.05, 3.63) is 64.9 Å². The van der Waals surface area contributed by atoms with Crippen molar-refractivity contribution in [3.8, 4) is 0 Å². The minimum atomic E-state index is -1.05. The summed E-state index contributed by atoms with van der Waals surface area (Å²) in [5, 5.41) is 24.1. The summed E-state index contributed by atoms with van der Waals surface area (Å²) in [6.07, 6.45) is 8.10. The molecule has 1 aromatic carbocycles. The van der Waals surface area contributed by atoms with Crippen LogP contribution in [0.5, 0.6) is 0 Å². The molecule has 10 nitrogen and oxygen atoms in total. The molecule has 1 aromatic heterocycles. The maximum absolute atomic E-state index is 9.85. The zero-order valence-electron chi connectivity index (χ0n) is 21.2. The molecule has 0 amide bonds. The third-order valence-electron chi connectivity index (χ3n) is 6.55. The van der Waals surface area contributed by atoms with Gasteiger partial charge in [0.15, 0.2) is 5.82 Å². The molecule has 3 N–H and O–H groups in total. The fourth-order valence-electron chi connectivity index (χ4n) is 4.51. The Morgan fingerprint density at radius 1 is 1.18 bits per heavy atom. The summed E-state index contributed by atoms with van der Waals surface area (Å²) in [4.78, 5) is 17.3. The van der Waals surface area contributed by atoms with Crippen LogP contribution in [0, 0.1) is 5.92 Å². The number of aliphatic hydroxyl groups is 2. The summed E-state index contributed by atoms with van der Waals surface area (Å²) in [6.45, 7) is 2.87. The lowest BCUT2D eigenvalue weighted by atomic mass is 9.90. The van der Waals surface area contributed by atoms with Crippen molar-refractivity contribution in [2.24, 2.45) is 5.92 Å². The number of aliphatic hydroxyl groups excluding tert-OH is 2. The van der Waals surface area contributed by atoms with Gasteiger partial charge in [-0.2, -0.15) is 4.98 Å². The van der Waals surface area contributed by atoms with Crippen LogP contribution < -0.4 is 15.3 Å². The van der Waals surface area contributed by atoms with Crippen LogP contribution in [0.2, 0.25) is 0 Å². The highest BCUT2D eigenvalue weighted by Crippen LogP contribution is 2.37. The molecular weight excluding hydrogens is 545 g/mol. The van der Waals surface area contributed by atoms with E-state index in [1.54, 1.807) is 6.20 Å². The molecule has 2 unspecified atom stereocenters. The predicted octanol–water partition coefficient (Wildman–Crippen LogP) is 3.44. The number of halogens is 2. The van der Waals surface area contributed by atoms with Crippen molar-refractivity contribution in [2.75, 3.05) is 68.1 Å². The van der Waals surface area contributed by atoms with E-state index in [1.807, 2.05) is 48.6 Å². The van der Waals surface area contributed by atoms with Crippen LogP contribution in [0.25, 0.3) is 6.08 Å². The number of morpholine rings is 1. The summed E-state index contributed by atoms with van der Waals surface area (Å²) < 4.78 is 11.4. The Morgan fingerprint density at radius 2 is 1.97 bits per heavy atom. The number of nitrogens with one attached hydrogen (secondary N) is 1. The minimum absolute atomic E-state index is 0.0179. The summed E-state index contributed by atoms with van der Waals surface area (Å²) in [5.41, 5.74) is 3.50. The van der Waals surface area contributed by atoms with E-state index in [0.717, 1.165) is 43.3 Å². The molecule has 0 saturated carbocycles. The molecule has 3 atom stereocenters. The van der Waals surface area contributed by atoms with Crippen molar-refractivity contribution in [2.45, 2.75) is 11.5 Å². The predicted molar refractivity (Wildman–Crippen MR) is 151 cm³/mol. The van der Waals surface area contributed by atoms with E-state index >= 15 is 0 Å². The molecule has 1 aliphatic carbocycles. The first kappa shape index (κ1) is 27.9. The number of ether oxygens (including phenoxy) is 2. The van der Waals surface area contributed by atoms with E-state index < -0.39 is 12.7 Å². The minimum Gasteiger partial charge on any atom is -0.394 e. The summed E-state index contributed by atoms with van der Waals surface area (Å²) in [5.74, 6) is 0.531. The highest BCUT2D eigenvalue weighted by Gasteiger charge is 2.29. The van der Waals surface area contributed by atoms with Crippen LogP contribution in [0.3, 0.4) is 0 Å². The molecule has 0 radical (unpaired) electrons. The number of aromatic nitrogens is 2. The second-order valence-corrected chi connectivity index (χ2v) is 10.3. The van der Waals surface area contributed by atoms with Crippen molar-refractivity contribution in [1.29, 1.82) is 0 Å². The number of hydroxylamine groups is 1. The Balaban J connectivity index is 1.42. The Hall–Kier alpha value is -2.70. The lowest BCUT2D eigenvalue weighted by molar-refractivity contribution is -0.0300. The molecule has 3 aliphatic rings. The normalized spacial score (nSPS) is 23.7. The maximum atomic E-state index is 9.85. The van der Waals surface area contributed by atoms with E-state index in [-0.39, 0.29) is 31.2 Å². The van der Waals surface area contributed by atoms with Crippen LogP contribution in [-0.2, 0) is 14.3 Å². The van der Waals surface area contributed by atoms with Gasteiger partial charge in [0.25, 0.3) is 0 Å². The van der Waals surface area contributed by atoms with Gasteiger partial charge in [0.05, 0.1) is 31.8 Å². The van der Waals surface area contributed by atoms with Crippen LogP contribution in [0.4, 0.5) is 23.1 Å². The molecule has 12 heteroatoms. The first-order chi connectivity index (χ1) is 19.0. The molecule has 39 heavy (non-hydrogen) atoms. The standard InChI is InChI=1S/C27H31Cl2N5O5/c28-23-2-1-3-24(29)25(23)19-12-18-13-30-27(32-26(18)34(17-38-15-19)39-16-22(36)14-35)31-20-4-6-21(7-5-20)33-8-10-37-11-9-33/h1-7,12-13,22-23,25,35-36H,8-11,14-17H2,(H,30,31,32)/b19-12+/t22-,23?,25?/m0/s1. The SMILES string of the molecule is OC[C@H](O)CON1COC/C(C2C(Cl)=CC=CC2Cl)=C\c2cnc(Nc3ccc(N4CCOCC4)cc3)nc21. The smallest absolute Gasteiger partial charge is 0.229 e. The molecular formula is C27H31Cl2N5O5. The fraction of sp³-hybridized carbons (Fsp3) is 0.407. The van der Waals surface area contributed by atoms with Crippen LogP contribution >= 0.6 is 23.2 Å². The largest absolute Gasteiger partial charge is 0.394 e. The van der Waals surface area contributed by atoms with E-state index in [4.69, 9.17) is 42.5 Å². The molecule has 0 spiro atoms. The number of anilines is 4. The van der Waals surface area contributed by atoms with Gasteiger partial charge >= 0.3 is 0 Å². The Morgan fingerprint density at radius 3 is 2.72 bits per heavy atom. The summed E-state index contributed by atoms with van der Waals surface area (Å²) >= 11 is 13.1. The lowest BCUT2D eigenvalue weighted by Crippen LogP contribution is -2.36. The third-order valence-corrected chi connectivity index (χ3v) is 7.31. The van der Waals surface area contributed by atoms with Gasteiger partial charge in [-0.25, -0.2) is 10.0 Å². The van der Waals surface area contributed by atoms with E-state index in [1.165, 1.54) is 5.06 Å². The van der Waals surface area contributed by atoms with E-state index in [0.29, 0.717) is 22.4 Å². The van der Waals surface area contributed by atoms with Gasteiger partial charge in [0.1, 0.15) is 19.4 Å². The topological polar surface area (TPSA) is 112 Å². The molecule has 3 heterocycles. The van der Waals surface area contributed by atoms with Crippen molar-refractivity contribution in [1.82, 2.24) is 9.97 Å². The summed E-state index contributed by atoms with van der Waals surface area (Å²) in [7, 11) is 0. The Labute approximate surface area is 237 Å². The molecule has 2 aliphatic heterocycles. The van der Waals surface area contributed by atoms with Crippen LogP contribution in [0.15, 0.2) is 59.3 Å². The quantitative estimate of drug-likeness (QED) is 0.404. The average Bonchev–Trinajstić information content (AvgIpc) is 2.95. The van der Waals surface area contributed by atoms with Gasteiger partial charge in [-0.05, 0) is 42.0 Å². The van der Waals surface area contributed by atoms with Gasteiger partial charge in [0.2, 0.25) is 5.95 Å². The Bertz CT molecular complexity index is 1220. The molecule has 1 saturated heterocycles. The average molecular weight is 576 g/mol. The van der Waals surface area contributed by atoms with Gasteiger partial charge in [-0.15, -0.1) is 11.6 Å². The van der Waals surface area contributed by atoms with Gasteiger partial charge in [0, 0.05) is 47.2 Å². The van der Waals surface area contributed by atoms with Gasteiger partial charge in [-0.1, -0.05) is 23.8 Å². The number of fused-ring (bicyclic) bond motifs is 1. The number of benzene rings is 1. The number of hydrogen-bond acceptors (Lipinski definition) is 10. The van der Waals surface area contributed by atoms with Crippen molar-refractivity contribution >= 4 is 52.4 Å². The molecule has 208 valence electrons. The summed E-state index contributed by atoms with van der Waals surface area (Å²) in [6, 6.07) is 8.05. The first-order valence-corrected chi connectivity index (χ1v) is 13.6. The highest BCUT2D eigenvalue weighted by atomic mass is 35.5. The van der Waals surface area contributed by atoms with Crippen molar-refractivity contribution in [3.63, 3.8) is 0 Å². The highest BCUT2D eigenvalue weighted by molar-refractivity contribution is 6.32. The number of hydrogen-bond donors (Lipinski definition) is 3. The second kappa shape index (κ2) is 13.1. The second-order valence-electron chi connectivity index (χ2n) is 9.31.